The zero-order chi connectivity index (χ0) is 17.6. The molecule has 0 radical (unpaired) electrons. The molecular weight excluding hydrogens is 342 g/mol. The molecule has 0 spiro atoms. The molecule has 0 saturated carbocycles. The largest absolute Gasteiger partial charge is 0.349 e. The summed E-state index contributed by atoms with van der Waals surface area (Å²) in [5.74, 6) is 1.16. The van der Waals surface area contributed by atoms with Gasteiger partial charge in [-0.05, 0) is 30.2 Å². The molecule has 0 bridgehead atoms. The van der Waals surface area contributed by atoms with Crippen LogP contribution < -0.4 is 5.32 Å². The van der Waals surface area contributed by atoms with E-state index in [1.807, 2.05) is 37.3 Å². The molecule has 0 heterocycles. The molecule has 6 heteroatoms. The van der Waals surface area contributed by atoms with Gasteiger partial charge in [0.2, 0.25) is 5.91 Å². The normalized spacial score (nSPS) is 12.6. The number of hydrogen-bond donors (Lipinski definition) is 1. The maximum absolute atomic E-state index is 12.0. The summed E-state index contributed by atoms with van der Waals surface area (Å²) in [7, 11) is -3.20. The smallest absolute Gasteiger partial charge is 0.230 e. The van der Waals surface area contributed by atoms with Crippen molar-refractivity contribution in [3.05, 3.63) is 65.7 Å². The summed E-state index contributed by atoms with van der Waals surface area (Å²) in [5, 5.41) is 2.93. The Bertz CT molecular complexity index is 772. The number of carbonyl (C=O) groups is 1. The molecule has 0 saturated heterocycles. The molecule has 0 aliphatic rings. The zero-order valence-corrected chi connectivity index (χ0v) is 15.4. The summed E-state index contributed by atoms with van der Waals surface area (Å²) in [6.45, 7) is 1.88. The van der Waals surface area contributed by atoms with Gasteiger partial charge in [0.25, 0.3) is 0 Å². The van der Waals surface area contributed by atoms with Gasteiger partial charge in [0.15, 0.2) is 9.84 Å². The number of carbonyl (C=O) groups excluding carboxylic acids is 1. The Balaban J connectivity index is 1.83. The van der Waals surface area contributed by atoms with Crippen LogP contribution in [0.4, 0.5) is 0 Å². The van der Waals surface area contributed by atoms with Gasteiger partial charge in [-0.2, -0.15) is 0 Å². The quantitative estimate of drug-likeness (QED) is 0.820. The average Bonchev–Trinajstić information content (AvgIpc) is 2.55. The van der Waals surface area contributed by atoms with E-state index in [1.165, 1.54) is 11.8 Å². The minimum atomic E-state index is -3.20. The highest BCUT2D eigenvalue weighted by Gasteiger charge is 2.12. The number of nitrogens with one attached hydrogen (secondary N) is 1. The number of hydrogen-bond acceptors (Lipinski definition) is 4. The van der Waals surface area contributed by atoms with Crippen LogP contribution in [0.1, 0.15) is 24.1 Å². The molecule has 1 atom stereocenters. The monoisotopic (exact) mass is 363 g/mol. The van der Waals surface area contributed by atoms with Gasteiger partial charge in [0, 0.05) is 12.0 Å². The molecule has 4 nitrogen and oxygen atoms in total. The fourth-order valence-electron chi connectivity index (χ4n) is 2.21. The van der Waals surface area contributed by atoms with Crippen molar-refractivity contribution in [1.29, 1.82) is 0 Å². The molecule has 0 aliphatic heterocycles. The molecule has 24 heavy (non-hydrogen) atoms. The summed E-state index contributed by atoms with van der Waals surface area (Å²) in [4.78, 5) is 12.3. The van der Waals surface area contributed by atoms with Crippen LogP contribution in [0, 0.1) is 0 Å². The molecule has 1 unspecified atom stereocenters. The van der Waals surface area contributed by atoms with E-state index in [0.29, 0.717) is 5.75 Å². The van der Waals surface area contributed by atoms with Crippen molar-refractivity contribution in [2.45, 2.75) is 23.6 Å². The van der Waals surface area contributed by atoms with Gasteiger partial charge in [-0.3, -0.25) is 4.79 Å². The molecule has 1 amide bonds. The van der Waals surface area contributed by atoms with E-state index in [2.05, 4.69) is 5.32 Å². The number of amides is 1. The summed E-state index contributed by atoms with van der Waals surface area (Å²) in [5.41, 5.74) is 2.07. The predicted molar refractivity (Wildman–Crippen MR) is 98.7 cm³/mol. The van der Waals surface area contributed by atoms with Crippen LogP contribution in [-0.2, 0) is 20.4 Å². The van der Waals surface area contributed by atoms with Crippen molar-refractivity contribution in [3.63, 3.8) is 0 Å². The fraction of sp³-hybridized carbons (Fsp3) is 0.278. The number of benzene rings is 2. The number of sulfone groups is 1. The van der Waals surface area contributed by atoms with E-state index in [-0.39, 0.29) is 16.8 Å². The lowest BCUT2D eigenvalue weighted by Gasteiger charge is -2.14. The third-order valence-corrected chi connectivity index (χ3v) is 5.66. The molecule has 0 fully saturated rings. The Morgan fingerprint density at radius 3 is 2.29 bits per heavy atom. The van der Waals surface area contributed by atoms with Gasteiger partial charge < -0.3 is 5.32 Å². The number of rotatable bonds is 7. The van der Waals surface area contributed by atoms with Crippen LogP contribution in [0.15, 0.2) is 59.5 Å². The van der Waals surface area contributed by atoms with Gasteiger partial charge >= 0.3 is 0 Å². The van der Waals surface area contributed by atoms with Crippen molar-refractivity contribution >= 4 is 27.5 Å². The van der Waals surface area contributed by atoms with Gasteiger partial charge in [0.1, 0.15) is 0 Å². The second-order valence-electron chi connectivity index (χ2n) is 5.61. The molecule has 0 aliphatic carbocycles. The van der Waals surface area contributed by atoms with Gasteiger partial charge in [-0.25, -0.2) is 8.42 Å². The molecule has 2 aromatic rings. The van der Waals surface area contributed by atoms with Crippen LogP contribution in [-0.4, -0.2) is 26.3 Å². The van der Waals surface area contributed by atoms with E-state index in [4.69, 9.17) is 0 Å². The molecule has 2 aromatic carbocycles. The molecule has 1 N–H and O–H groups in total. The summed E-state index contributed by atoms with van der Waals surface area (Å²) < 4.78 is 22.9. The lowest BCUT2D eigenvalue weighted by molar-refractivity contribution is -0.119. The average molecular weight is 364 g/mol. The fourth-order valence-corrected chi connectivity index (χ4v) is 3.64. The van der Waals surface area contributed by atoms with Crippen molar-refractivity contribution in [2.75, 3.05) is 12.0 Å². The van der Waals surface area contributed by atoms with Gasteiger partial charge in [0.05, 0.1) is 16.7 Å². The summed E-state index contributed by atoms with van der Waals surface area (Å²) in [6.07, 6.45) is 1.18. The zero-order valence-electron chi connectivity index (χ0n) is 13.7. The van der Waals surface area contributed by atoms with Crippen molar-refractivity contribution in [3.8, 4) is 0 Å². The van der Waals surface area contributed by atoms with E-state index < -0.39 is 9.84 Å². The third-order valence-electron chi connectivity index (χ3n) is 3.53. The van der Waals surface area contributed by atoms with E-state index in [1.54, 1.807) is 36.0 Å². The lowest BCUT2D eigenvalue weighted by Crippen LogP contribution is -2.28. The van der Waals surface area contributed by atoms with Crippen LogP contribution in [0.5, 0.6) is 0 Å². The first-order chi connectivity index (χ1) is 11.4. The van der Waals surface area contributed by atoms with Crippen molar-refractivity contribution in [1.82, 2.24) is 5.32 Å². The Labute approximate surface area is 147 Å². The number of thioether (sulfide) groups is 1. The van der Waals surface area contributed by atoms with Crippen LogP contribution >= 0.6 is 11.8 Å². The van der Waals surface area contributed by atoms with Crippen LogP contribution in [0.2, 0.25) is 0 Å². The van der Waals surface area contributed by atoms with Crippen molar-refractivity contribution < 1.29 is 13.2 Å². The Kier molecular flexibility index (Phi) is 6.45. The van der Waals surface area contributed by atoms with E-state index in [0.717, 1.165) is 11.3 Å². The third kappa shape index (κ3) is 5.69. The SMILES string of the molecule is CC(NC(=O)CSCc1ccccc1)c1ccc(S(C)(=O)=O)cc1. The standard InChI is InChI=1S/C18H21NO3S2/c1-14(16-8-10-17(11-9-16)24(2,21)22)19-18(20)13-23-12-15-6-4-3-5-7-15/h3-11,14H,12-13H2,1-2H3,(H,19,20). The molecule has 128 valence electrons. The Hall–Kier alpha value is -1.79. The minimum Gasteiger partial charge on any atom is -0.349 e. The Morgan fingerprint density at radius 1 is 1.08 bits per heavy atom. The Morgan fingerprint density at radius 2 is 1.71 bits per heavy atom. The molecule has 0 aromatic heterocycles. The summed E-state index contributed by atoms with van der Waals surface area (Å²) >= 11 is 1.57. The summed E-state index contributed by atoms with van der Waals surface area (Å²) in [6, 6.07) is 16.5. The first kappa shape index (κ1) is 18.5. The first-order valence-corrected chi connectivity index (χ1v) is 10.6. The minimum absolute atomic E-state index is 0.0318. The maximum atomic E-state index is 12.0. The van der Waals surface area contributed by atoms with Crippen LogP contribution in [0.3, 0.4) is 0 Å². The highest BCUT2D eigenvalue weighted by molar-refractivity contribution is 7.99. The van der Waals surface area contributed by atoms with Gasteiger partial charge in [-0.15, -0.1) is 11.8 Å². The molecular formula is C18H21NO3S2. The topological polar surface area (TPSA) is 63.2 Å². The second kappa shape index (κ2) is 8.35. The first-order valence-electron chi connectivity index (χ1n) is 7.57. The predicted octanol–water partition coefficient (Wildman–Crippen LogP) is 3.20. The highest BCUT2D eigenvalue weighted by Crippen LogP contribution is 2.17. The van der Waals surface area contributed by atoms with Gasteiger partial charge in [-0.1, -0.05) is 42.5 Å². The van der Waals surface area contributed by atoms with E-state index in [9.17, 15) is 13.2 Å². The maximum Gasteiger partial charge on any atom is 0.230 e. The van der Waals surface area contributed by atoms with Crippen LogP contribution in [0.25, 0.3) is 0 Å². The lowest BCUT2D eigenvalue weighted by atomic mass is 10.1. The highest BCUT2D eigenvalue weighted by atomic mass is 32.2. The van der Waals surface area contributed by atoms with Crippen molar-refractivity contribution in [2.24, 2.45) is 0 Å². The second-order valence-corrected chi connectivity index (χ2v) is 8.61. The molecule has 2 rings (SSSR count). The van der Waals surface area contributed by atoms with E-state index >= 15 is 0 Å².